The number of furan rings is 2. The van der Waals surface area contributed by atoms with Gasteiger partial charge in [0.05, 0.1) is 5.69 Å². The summed E-state index contributed by atoms with van der Waals surface area (Å²) in [6.07, 6.45) is 0. The molecule has 2 aromatic heterocycles. The van der Waals surface area contributed by atoms with Crippen molar-refractivity contribution in [1.29, 1.82) is 0 Å². The molecule has 0 amide bonds. The van der Waals surface area contributed by atoms with Crippen molar-refractivity contribution in [3.05, 3.63) is 224 Å². The van der Waals surface area contributed by atoms with Crippen molar-refractivity contribution in [2.45, 2.75) is 0 Å². The van der Waals surface area contributed by atoms with E-state index >= 15 is 0 Å². The first-order valence-electron chi connectivity index (χ1n) is 20.7. The fourth-order valence-electron chi connectivity index (χ4n) is 9.08. The lowest BCUT2D eigenvalue weighted by molar-refractivity contribution is 0.668. The van der Waals surface area contributed by atoms with Crippen LogP contribution in [0.4, 0.5) is 17.1 Å². The monoisotopic (exact) mass is 779 g/mol. The molecule has 0 fully saturated rings. The van der Waals surface area contributed by atoms with Gasteiger partial charge in [0.15, 0.2) is 0 Å². The van der Waals surface area contributed by atoms with Gasteiger partial charge in [-0.05, 0) is 123 Å². The van der Waals surface area contributed by atoms with Crippen LogP contribution in [-0.2, 0) is 0 Å². The zero-order valence-electron chi connectivity index (χ0n) is 33.1. The highest BCUT2D eigenvalue weighted by Crippen LogP contribution is 2.45. The van der Waals surface area contributed by atoms with E-state index < -0.39 is 0 Å². The van der Waals surface area contributed by atoms with Crippen molar-refractivity contribution in [2.75, 3.05) is 4.90 Å². The largest absolute Gasteiger partial charge is 0.456 e. The number of benzene rings is 10. The standard InChI is InChI=1S/C58H37NO2/c1-2-12-41-36-44(24-23-38(41)11-1)43-14-9-13-42(35-43)39-25-30-46(31-26-39)59(47-32-27-40(28-33-47)45-29-34-56-52(37-45)49-16-4-7-20-54(49)60-56)53-19-6-3-15-48(53)50-18-10-22-57-58(50)51-17-5-8-21-55(51)61-57/h1-37H. The highest BCUT2D eigenvalue weighted by Gasteiger charge is 2.21. The van der Waals surface area contributed by atoms with E-state index in [0.717, 1.165) is 88.8 Å². The first kappa shape index (κ1) is 34.9. The number of rotatable bonds is 7. The Morgan fingerprint density at radius 2 is 0.787 bits per heavy atom. The Kier molecular flexibility index (Phi) is 8.17. The lowest BCUT2D eigenvalue weighted by Crippen LogP contribution is -2.11. The summed E-state index contributed by atoms with van der Waals surface area (Å²) < 4.78 is 12.5. The summed E-state index contributed by atoms with van der Waals surface area (Å²) in [7, 11) is 0. The fraction of sp³-hybridized carbons (Fsp3) is 0. The molecule has 0 unspecified atom stereocenters. The third-order valence-electron chi connectivity index (χ3n) is 12.1. The van der Waals surface area contributed by atoms with Crippen LogP contribution in [0.5, 0.6) is 0 Å². The molecular formula is C58H37NO2. The second-order valence-electron chi connectivity index (χ2n) is 15.7. The van der Waals surface area contributed by atoms with E-state index in [1.807, 2.05) is 24.3 Å². The maximum Gasteiger partial charge on any atom is 0.136 e. The lowest BCUT2D eigenvalue weighted by atomic mass is 9.96. The number of nitrogens with zero attached hydrogens (tertiary/aromatic N) is 1. The van der Waals surface area contributed by atoms with Crippen LogP contribution < -0.4 is 4.90 Å². The fourth-order valence-corrected chi connectivity index (χ4v) is 9.08. The second kappa shape index (κ2) is 14.3. The Bertz CT molecular complexity index is 3590. The molecule has 0 atom stereocenters. The Hall–Kier alpha value is -8.14. The minimum atomic E-state index is 0.877. The van der Waals surface area contributed by atoms with Crippen LogP contribution in [0.3, 0.4) is 0 Å². The third kappa shape index (κ3) is 6.06. The predicted octanol–water partition coefficient (Wildman–Crippen LogP) is 16.8. The van der Waals surface area contributed by atoms with Crippen LogP contribution in [-0.4, -0.2) is 0 Å². The van der Waals surface area contributed by atoms with E-state index in [1.54, 1.807) is 0 Å². The number of hydrogen-bond acceptors (Lipinski definition) is 3. The molecule has 61 heavy (non-hydrogen) atoms. The van der Waals surface area contributed by atoms with E-state index in [1.165, 1.54) is 27.5 Å². The highest BCUT2D eigenvalue weighted by molar-refractivity contribution is 6.14. The predicted molar refractivity (Wildman–Crippen MR) is 255 cm³/mol. The average molecular weight is 780 g/mol. The van der Waals surface area contributed by atoms with E-state index in [-0.39, 0.29) is 0 Å². The van der Waals surface area contributed by atoms with Crippen LogP contribution >= 0.6 is 0 Å². The first-order chi connectivity index (χ1) is 30.2. The Labute approximate surface area is 353 Å². The molecule has 3 nitrogen and oxygen atoms in total. The van der Waals surface area contributed by atoms with Crippen molar-refractivity contribution < 1.29 is 8.83 Å². The van der Waals surface area contributed by atoms with Gasteiger partial charge >= 0.3 is 0 Å². The van der Waals surface area contributed by atoms with Crippen molar-refractivity contribution in [2.24, 2.45) is 0 Å². The van der Waals surface area contributed by atoms with Crippen molar-refractivity contribution in [1.82, 2.24) is 0 Å². The zero-order valence-corrected chi connectivity index (χ0v) is 33.1. The number of hydrogen-bond donors (Lipinski definition) is 0. The van der Waals surface area contributed by atoms with Gasteiger partial charge in [-0.1, -0.05) is 152 Å². The Balaban J connectivity index is 0.971. The zero-order chi connectivity index (χ0) is 40.3. The number of anilines is 3. The Morgan fingerprint density at radius 1 is 0.279 bits per heavy atom. The van der Waals surface area contributed by atoms with Crippen LogP contribution in [0.15, 0.2) is 233 Å². The molecule has 286 valence electrons. The molecule has 12 aromatic rings. The smallest absolute Gasteiger partial charge is 0.136 e. The summed E-state index contributed by atoms with van der Waals surface area (Å²) >= 11 is 0. The molecule has 0 bridgehead atoms. The van der Waals surface area contributed by atoms with Crippen LogP contribution in [0.25, 0.3) is 99.2 Å². The molecule has 0 radical (unpaired) electrons. The van der Waals surface area contributed by atoms with Gasteiger partial charge in [-0.3, -0.25) is 0 Å². The van der Waals surface area contributed by atoms with E-state index in [9.17, 15) is 0 Å². The van der Waals surface area contributed by atoms with Crippen molar-refractivity contribution >= 4 is 71.7 Å². The van der Waals surface area contributed by atoms with E-state index in [0.29, 0.717) is 0 Å². The number of para-hydroxylation sites is 3. The summed E-state index contributed by atoms with van der Waals surface area (Å²) in [5, 5.41) is 6.96. The van der Waals surface area contributed by atoms with Gasteiger partial charge in [0.1, 0.15) is 22.3 Å². The number of fused-ring (bicyclic) bond motifs is 7. The molecule has 0 spiro atoms. The van der Waals surface area contributed by atoms with Gasteiger partial charge in [0, 0.05) is 38.5 Å². The summed E-state index contributed by atoms with van der Waals surface area (Å²) in [6, 6.07) is 80.1. The summed E-state index contributed by atoms with van der Waals surface area (Å²) in [4.78, 5) is 2.38. The molecule has 0 saturated heterocycles. The molecule has 3 heteroatoms. The van der Waals surface area contributed by atoms with Gasteiger partial charge in [-0.15, -0.1) is 0 Å². The molecule has 0 aliphatic carbocycles. The molecular weight excluding hydrogens is 743 g/mol. The molecule has 0 aliphatic rings. The third-order valence-corrected chi connectivity index (χ3v) is 12.1. The highest BCUT2D eigenvalue weighted by atomic mass is 16.3. The molecule has 2 heterocycles. The average Bonchev–Trinajstić information content (AvgIpc) is 3.91. The molecule has 0 aliphatic heterocycles. The normalized spacial score (nSPS) is 11.6. The maximum absolute atomic E-state index is 6.38. The Morgan fingerprint density at radius 3 is 1.57 bits per heavy atom. The van der Waals surface area contributed by atoms with Gasteiger partial charge in [-0.2, -0.15) is 0 Å². The van der Waals surface area contributed by atoms with Crippen LogP contribution in [0.2, 0.25) is 0 Å². The molecule has 0 saturated carbocycles. The minimum Gasteiger partial charge on any atom is -0.456 e. The van der Waals surface area contributed by atoms with E-state index in [4.69, 9.17) is 8.83 Å². The molecule has 10 aromatic carbocycles. The van der Waals surface area contributed by atoms with E-state index in [2.05, 4.69) is 205 Å². The van der Waals surface area contributed by atoms with Crippen molar-refractivity contribution in [3.63, 3.8) is 0 Å². The topological polar surface area (TPSA) is 29.5 Å². The summed E-state index contributed by atoms with van der Waals surface area (Å²) in [5.74, 6) is 0. The summed E-state index contributed by atoms with van der Waals surface area (Å²) in [5.41, 5.74) is 16.0. The van der Waals surface area contributed by atoms with Gasteiger partial charge < -0.3 is 13.7 Å². The minimum absolute atomic E-state index is 0.877. The quantitative estimate of drug-likeness (QED) is 0.161. The SMILES string of the molecule is c1cc(-c2ccc(N(c3ccc(-c4ccc5oc6ccccc6c5c4)cc3)c3ccccc3-c3cccc4oc5ccccc5c34)cc2)cc(-c2ccc3ccccc3c2)c1. The van der Waals surface area contributed by atoms with Crippen molar-refractivity contribution in [3.8, 4) is 44.5 Å². The summed E-state index contributed by atoms with van der Waals surface area (Å²) in [6.45, 7) is 0. The van der Waals surface area contributed by atoms with Gasteiger partial charge in [0.25, 0.3) is 0 Å². The maximum atomic E-state index is 6.38. The second-order valence-corrected chi connectivity index (χ2v) is 15.7. The van der Waals surface area contributed by atoms with Gasteiger partial charge in [0.2, 0.25) is 0 Å². The lowest BCUT2D eigenvalue weighted by Gasteiger charge is -2.28. The van der Waals surface area contributed by atoms with Gasteiger partial charge in [-0.25, -0.2) is 0 Å². The first-order valence-corrected chi connectivity index (χ1v) is 20.7. The van der Waals surface area contributed by atoms with Crippen LogP contribution in [0.1, 0.15) is 0 Å². The van der Waals surface area contributed by atoms with Crippen LogP contribution in [0, 0.1) is 0 Å². The molecule has 0 N–H and O–H groups in total. The molecule has 12 rings (SSSR count).